The van der Waals surface area contributed by atoms with Crippen LogP contribution in [-0.4, -0.2) is 70.7 Å². The maximum atomic E-state index is 14.9. The Morgan fingerprint density at radius 3 is 2.29 bits per heavy atom. The van der Waals surface area contributed by atoms with Gasteiger partial charge < -0.3 is 20.2 Å². The Morgan fingerprint density at radius 2 is 1.80 bits per heavy atom. The molecule has 1 saturated heterocycles. The Morgan fingerprint density at radius 1 is 1.20 bits per heavy atom. The van der Waals surface area contributed by atoms with E-state index in [0.29, 0.717) is 51.0 Å². The van der Waals surface area contributed by atoms with Gasteiger partial charge in [-0.15, -0.1) is 0 Å². The van der Waals surface area contributed by atoms with Gasteiger partial charge >= 0.3 is 5.97 Å². The number of carboxylic acid groups (broad SMARTS) is 1. The van der Waals surface area contributed by atoms with Crippen molar-refractivity contribution in [3.8, 4) is 0 Å². The zero-order valence-electron chi connectivity index (χ0n) is 21.5. The van der Waals surface area contributed by atoms with Crippen LogP contribution in [0.15, 0.2) is 18.2 Å². The molecule has 3 N–H and O–H groups in total. The van der Waals surface area contributed by atoms with Crippen molar-refractivity contribution in [1.29, 1.82) is 5.41 Å². The molecule has 0 aromatic heterocycles. The third-order valence-corrected chi connectivity index (χ3v) is 7.07. The van der Waals surface area contributed by atoms with Crippen LogP contribution in [0, 0.1) is 22.6 Å². The Hall–Kier alpha value is -2.97. The van der Waals surface area contributed by atoms with Crippen molar-refractivity contribution in [2.24, 2.45) is 11.3 Å². The summed E-state index contributed by atoms with van der Waals surface area (Å²) >= 11 is 0. The maximum Gasteiger partial charge on any atom is 0.303 e. The van der Waals surface area contributed by atoms with E-state index in [-0.39, 0.29) is 29.6 Å². The second-order valence-electron chi connectivity index (χ2n) is 9.70. The number of hydrogen-bond donors (Lipinski definition) is 3. The quantitative estimate of drug-likeness (QED) is 0.342. The number of amides is 2. The first kappa shape index (κ1) is 28.3. The van der Waals surface area contributed by atoms with E-state index >= 15 is 0 Å². The Labute approximate surface area is 207 Å². The first-order valence-electron chi connectivity index (χ1n) is 12.4. The van der Waals surface area contributed by atoms with Crippen molar-refractivity contribution in [3.63, 3.8) is 0 Å². The highest BCUT2D eigenvalue weighted by Gasteiger charge is 2.40. The van der Waals surface area contributed by atoms with E-state index in [4.69, 9.17) is 10.5 Å². The highest BCUT2D eigenvalue weighted by Crippen LogP contribution is 2.30. The normalized spacial score (nSPS) is 15.4. The molecule has 1 aliphatic rings. The molecule has 8 nitrogen and oxygen atoms in total. The van der Waals surface area contributed by atoms with Crippen LogP contribution in [-0.2, 0) is 9.59 Å². The SMILES string of the molecule is CCC(NC(=O)c1ccc(C(=N)N(CC)CC)cc1F)C(C)(C)C(=O)N1CCC(CC(=O)O)CC1. The first-order valence-corrected chi connectivity index (χ1v) is 12.4. The monoisotopic (exact) mass is 490 g/mol. The summed E-state index contributed by atoms with van der Waals surface area (Å²) in [6.45, 7) is 11.5. The van der Waals surface area contributed by atoms with Crippen LogP contribution in [0.4, 0.5) is 4.39 Å². The van der Waals surface area contributed by atoms with Gasteiger partial charge in [0.05, 0.1) is 11.0 Å². The number of nitrogens with one attached hydrogen (secondary N) is 2. The van der Waals surface area contributed by atoms with E-state index in [1.165, 1.54) is 12.1 Å². The summed E-state index contributed by atoms with van der Waals surface area (Å²) in [6, 6.07) is 3.63. The Bertz CT molecular complexity index is 937. The summed E-state index contributed by atoms with van der Waals surface area (Å²) in [5, 5.41) is 20.1. The van der Waals surface area contributed by atoms with Gasteiger partial charge in [-0.05, 0) is 65.0 Å². The molecule has 0 radical (unpaired) electrons. The molecule has 1 heterocycles. The lowest BCUT2D eigenvalue weighted by molar-refractivity contribution is -0.143. The lowest BCUT2D eigenvalue weighted by atomic mass is 9.80. The number of rotatable bonds is 10. The van der Waals surface area contributed by atoms with Gasteiger partial charge in [0.1, 0.15) is 11.7 Å². The Balaban J connectivity index is 2.10. The average molecular weight is 491 g/mol. The highest BCUT2D eigenvalue weighted by molar-refractivity contribution is 5.99. The lowest BCUT2D eigenvalue weighted by Gasteiger charge is -2.40. The van der Waals surface area contributed by atoms with Crippen molar-refractivity contribution in [3.05, 3.63) is 35.1 Å². The minimum atomic E-state index is -0.925. The van der Waals surface area contributed by atoms with Gasteiger partial charge in [-0.2, -0.15) is 0 Å². The molecule has 0 saturated carbocycles. The molecule has 9 heteroatoms. The summed E-state index contributed by atoms with van der Waals surface area (Å²) in [4.78, 5) is 40.8. The second-order valence-corrected chi connectivity index (χ2v) is 9.70. The van der Waals surface area contributed by atoms with Crippen molar-refractivity contribution in [2.45, 2.75) is 66.3 Å². The molecular formula is C26H39FN4O4. The molecule has 1 aliphatic heterocycles. The summed E-state index contributed by atoms with van der Waals surface area (Å²) in [5.41, 5.74) is -0.653. The van der Waals surface area contributed by atoms with E-state index in [1.807, 2.05) is 20.8 Å². The topological polar surface area (TPSA) is 114 Å². The predicted molar refractivity (Wildman–Crippen MR) is 133 cm³/mol. The largest absolute Gasteiger partial charge is 0.481 e. The minimum Gasteiger partial charge on any atom is -0.481 e. The number of benzene rings is 1. The molecule has 2 rings (SSSR count). The van der Waals surface area contributed by atoms with E-state index in [0.717, 1.165) is 0 Å². The van der Waals surface area contributed by atoms with Crippen LogP contribution >= 0.6 is 0 Å². The van der Waals surface area contributed by atoms with Crippen molar-refractivity contribution >= 4 is 23.6 Å². The van der Waals surface area contributed by atoms with Crippen molar-refractivity contribution in [1.82, 2.24) is 15.1 Å². The van der Waals surface area contributed by atoms with E-state index < -0.39 is 29.2 Å². The number of halogens is 1. The number of nitrogens with zero attached hydrogens (tertiary/aromatic N) is 2. The van der Waals surface area contributed by atoms with Gasteiger partial charge in [0.2, 0.25) is 5.91 Å². The zero-order chi connectivity index (χ0) is 26.3. The van der Waals surface area contributed by atoms with Crippen molar-refractivity contribution < 1.29 is 23.9 Å². The second kappa shape index (κ2) is 12.1. The maximum absolute atomic E-state index is 14.9. The van der Waals surface area contributed by atoms with Crippen LogP contribution < -0.4 is 5.32 Å². The molecule has 1 aromatic rings. The molecule has 1 unspecified atom stereocenters. The number of carboxylic acids is 1. The van der Waals surface area contributed by atoms with E-state index in [9.17, 15) is 18.8 Å². The molecule has 1 aromatic carbocycles. The highest BCUT2D eigenvalue weighted by atomic mass is 19.1. The number of carbonyl (C=O) groups excluding carboxylic acids is 2. The third kappa shape index (κ3) is 6.80. The smallest absolute Gasteiger partial charge is 0.303 e. The van der Waals surface area contributed by atoms with Gasteiger partial charge in [-0.3, -0.25) is 19.8 Å². The number of carbonyl (C=O) groups is 3. The fourth-order valence-electron chi connectivity index (χ4n) is 4.74. The number of hydrogen-bond acceptors (Lipinski definition) is 4. The molecule has 1 atom stereocenters. The molecule has 0 aliphatic carbocycles. The van der Waals surface area contributed by atoms with Gasteiger partial charge in [0, 0.05) is 44.2 Å². The van der Waals surface area contributed by atoms with Crippen LogP contribution in [0.5, 0.6) is 0 Å². The van der Waals surface area contributed by atoms with Crippen LogP contribution in [0.3, 0.4) is 0 Å². The fourth-order valence-corrected chi connectivity index (χ4v) is 4.74. The molecule has 194 valence electrons. The predicted octanol–water partition coefficient (Wildman–Crippen LogP) is 3.74. The van der Waals surface area contributed by atoms with Crippen LogP contribution in [0.1, 0.15) is 76.2 Å². The van der Waals surface area contributed by atoms with Gasteiger partial charge in [-0.1, -0.05) is 13.0 Å². The molecule has 35 heavy (non-hydrogen) atoms. The summed E-state index contributed by atoms with van der Waals surface area (Å²) in [6.07, 6.45) is 1.86. The van der Waals surface area contributed by atoms with Gasteiger partial charge in [0.25, 0.3) is 5.91 Å². The number of aliphatic carboxylic acids is 1. The number of likely N-dealkylation sites (tertiary alicyclic amines) is 1. The van der Waals surface area contributed by atoms with E-state index in [2.05, 4.69) is 5.32 Å². The van der Waals surface area contributed by atoms with Crippen molar-refractivity contribution in [2.75, 3.05) is 26.2 Å². The lowest BCUT2D eigenvalue weighted by Crippen LogP contribution is -2.54. The zero-order valence-corrected chi connectivity index (χ0v) is 21.5. The molecule has 2 amide bonds. The molecule has 1 fully saturated rings. The summed E-state index contributed by atoms with van der Waals surface area (Å²) < 4.78 is 14.9. The third-order valence-electron chi connectivity index (χ3n) is 7.07. The summed E-state index contributed by atoms with van der Waals surface area (Å²) in [7, 11) is 0. The molecule has 0 bridgehead atoms. The van der Waals surface area contributed by atoms with Crippen LogP contribution in [0.2, 0.25) is 0 Å². The summed E-state index contributed by atoms with van der Waals surface area (Å²) in [5.74, 6) is -1.98. The van der Waals surface area contributed by atoms with Gasteiger partial charge in [-0.25, -0.2) is 4.39 Å². The standard InChI is InChI=1S/C26H39FN4O4/c1-6-21(26(4,5)25(35)31-13-11-17(12-14-31)15-22(32)33)29-24(34)19-10-9-18(16-20(19)27)23(28)30(7-2)8-3/h9-10,16-17,21,28H,6-8,11-15H2,1-5H3,(H,29,34)(H,32,33). The number of amidine groups is 1. The fraction of sp³-hybridized carbons (Fsp3) is 0.615. The van der Waals surface area contributed by atoms with Crippen LogP contribution in [0.25, 0.3) is 0 Å². The molecular weight excluding hydrogens is 451 g/mol. The number of piperidine rings is 1. The van der Waals surface area contributed by atoms with Gasteiger partial charge in [0.15, 0.2) is 0 Å². The minimum absolute atomic E-state index is 0.0653. The first-order chi connectivity index (χ1) is 16.5. The van der Waals surface area contributed by atoms with E-state index in [1.54, 1.807) is 29.7 Å². The molecule has 0 spiro atoms. The average Bonchev–Trinajstić information content (AvgIpc) is 2.82. The Kier molecular flexibility index (Phi) is 9.80.